The van der Waals surface area contributed by atoms with E-state index in [1.54, 1.807) is 53.2 Å². The molecule has 3 aromatic heterocycles. The number of nitrogens with zero attached hydrogens (tertiary/aromatic N) is 4. The van der Waals surface area contributed by atoms with E-state index in [4.69, 9.17) is 5.11 Å². The van der Waals surface area contributed by atoms with Gasteiger partial charge in [-0.05, 0) is 48.7 Å². The molecule has 0 aliphatic carbocycles. The van der Waals surface area contributed by atoms with Crippen molar-refractivity contribution in [2.45, 2.75) is 18.9 Å². The number of carbonyl (C=O) groups excluding carboxylic acids is 1. The molecule has 0 radical (unpaired) electrons. The van der Waals surface area contributed by atoms with Crippen LogP contribution in [0.15, 0.2) is 64.4 Å². The molecule has 0 bridgehead atoms. The summed E-state index contributed by atoms with van der Waals surface area (Å²) in [7, 11) is 1.59. The van der Waals surface area contributed by atoms with Gasteiger partial charge in [0.2, 0.25) is 0 Å². The zero-order valence-electron chi connectivity index (χ0n) is 19.5. The summed E-state index contributed by atoms with van der Waals surface area (Å²) >= 11 is 0. The van der Waals surface area contributed by atoms with Crippen molar-refractivity contribution in [2.24, 2.45) is 7.05 Å². The molecule has 4 aromatic rings. The topological polar surface area (TPSA) is 142 Å². The Hall–Kier alpha value is -4.67. The number of carbonyl (C=O) groups is 2. The number of nitrogens with one attached hydrogen (secondary N) is 2. The standard InChI is InChI=1S/C25H24N6O5/c1-29-14-17(15-4-6-16(7-5-15)23(33)34)13-19(22(29)32)27-24(35)30-11-8-18(9-12-30)31-20-3-2-10-26-21(20)28-25(31)36/h2-7,10,13-14,18H,8-9,11-12H2,1H3,(H,27,35)(H,33,34)(H,26,28,36). The first-order valence-electron chi connectivity index (χ1n) is 11.5. The van der Waals surface area contributed by atoms with Gasteiger partial charge in [0.1, 0.15) is 5.69 Å². The quantitative estimate of drug-likeness (QED) is 0.403. The van der Waals surface area contributed by atoms with Crippen molar-refractivity contribution in [1.82, 2.24) is 24.0 Å². The van der Waals surface area contributed by atoms with E-state index in [1.165, 1.54) is 16.7 Å². The molecule has 0 saturated carbocycles. The van der Waals surface area contributed by atoms with E-state index in [2.05, 4.69) is 15.3 Å². The number of aryl methyl sites for hydroxylation is 1. The van der Waals surface area contributed by atoms with E-state index in [0.29, 0.717) is 42.7 Å². The third-order valence-corrected chi connectivity index (χ3v) is 6.50. The fourth-order valence-corrected chi connectivity index (χ4v) is 4.61. The SMILES string of the molecule is Cn1cc(-c2ccc(C(=O)O)cc2)cc(NC(=O)N2CCC(n3c(=O)[nH]c4ncccc43)CC2)c1=O. The molecule has 4 heterocycles. The van der Waals surface area contributed by atoms with E-state index in [-0.39, 0.29) is 28.5 Å². The highest BCUT2D eigenvalue weighted by molar-refractivity contribution is 5.90. The molecule has 11 heteroatoms. The van der Waals surface area contributed by atoms with Gasteiger partial charge in [0, 0.05) is 44.1 Å². The molecule has 3 N–H and O–H groups in total. The molecular formula is C25H24N6O5. The maximum absolute atomic E-state index is 13.0. The number of amides is 2. The van der Waals surface area contributed by atoms with Crippen molar-refractivity contribution in [1.29, 1.82) is 0 Å². The number of hydrogen-bond donors (Lipinski definition) is 3. The molecular weight excluding hydrogens is 464 g/mol. The van der Waals surface area contributed by atoms with Gasteiger partial charge in [-0.2, -0.15) is 0 Å². The number of aromatic amines is 1. The van der Waals surface area contributed by atoms with Gasteiger partial charge < -0.3 is 19.9 Å². The van der Waals surface area contributed by atoms with Crippen LogP contribution >= 0.6 is 0 Å². The molecule has 36 heavy (non-hydrogen) atoms. The normalized spacial score (nSPS) is 14.2. The summed E-state index contributed by atoms with van der Waals surface area (Å²) < 4.78 is 3.08. The van der Waals surface area contributed by atoms with Crippen LogP contribution in [-0.2, 0) is 7.05 Å². The summed E-state index contributed by atoms with van der Waals surface area (Å²) in [5.74, 6) is -1.02. The number of aromatic carboxylic acids is 1. The molecule has 1 fully saturated rings. The maximum atomic E-state index is 13.0. The van der Waals surface area contributed by atoms with Crippen molar-refractivity contribution in [2.75, 3.05) is 18.4 Å². The molecule has 0 unspecified atom stereocenters. The molecule has 1 aliphatic rings. The average molecular weight is 489 g/mol. The van der Waals surface area contributed by atoms with Gasteiger partial charge in [0.05, 0.1) is 11.1 Å². The second-order valence-corrected chi connectivity index (χ2v) is 8.76. The number of carboxylic acids is 1. The largest absolute Gasteiger partial charge is 0.478 e. The Balaban J connectivity index is 1.31. The highest BCUT2D eigenvalue weighted by Gasteiger charge is 2.27. The molecule has 1 saturated heterocycles. The summed E-state index contributed by atoms with van der Waals surface area (Å²) in [5, 5.41) is 11.8. The molecule has 11 nitrogen and oxygen atoms in total. The van der Waals surface area contributed by atoms with E-state index in [1.807, 2.05) is 6.07 Å². The Kier molecular flexibility index (Phi) is 5.88. The van der Waals surface area contributed by atoms with Crippen molar-refractivity contribution in [3.05, 3.63) is 81.3 Å². The number of pyridine rings is 2. The van der Waals surface area contributed by atoms with E-state index >= 15 is 0 Å². The molecule has 1 aromatic carbocycles. The van der Waals surface area contributed by atoms with Crippen molar-refractivity contribution in [3.8, 4) is 11.1 Å². The van der Waals surface area contributed by atoms with Crippen molar-refractivity contribution >= 4 is 28.9 Å². The summed E-state index contributed by atoms with van der Waals surface area (Å²) in [6.45, 7) is 0.846. The molecule has 0 atom stereocenters. The van der Waals surface area contributed by atoms with Crippen LogP contribution < -0.4 is 16.6 Å². The van der Waals surface area contributed by atoms with Crippen LogP contribution in [0.2, 0.25) is 0 Å². The zero-order valence-corrected chi connectivity index (χ0v) is 19.5. The minimum absolute atomic E-state index is 0.0653. The van der Waals surface area contributed by atoms with E-state index < -0.39 is 12.0 Å². The molecule has 0 spiro atoms. The fourth-order valence-electron chi connectivity index (χ4n) is 4.61. The fraction of sp³-hybridized carbons (Fsp3) is 0.240. The van der Waals surface area contributed by atoms with Gasteiger partial charge in [0.25, 0.3) is 5.56 Å². The lowest BCUT2D eigenvalue weighted by molar-refractivity contribution is 0.0697. The lowest BCUT2D eigenvalue weighted by atomic mass is 10.0. The number of imidazole rings is 1. The molecule has 2 amide bonds. The molecule has 184 valence electrons. The Bertz CT molecular complexity index is 1580. The Morgan fingerprint density at radius 2 is 1.81 bits per heavy atom. The predicted octanol–water partition coefficient (Wildman–Crippen LogP) is 2.66. The summed E-state index contributed by atoms with van der Waals surface area (Å²) in [6.07, 6.45) is 4.43. The van der Waals surface area contributed by atoms with Gasteiger partial charge in [-0.25, -0.2) is 19.4 Å². The number of H-pyrrole nitrogens is 1. The van der Waals surface area contributed by atoms with Gasteiger partial charge in [-0.3, -0.25) is 14.3 Å². The van der Waals surface area contributed by atoms with E-state index in [9.17, 15) is 19.2 Å². The lowest BCUT2D eigenvalue weighted by Gasteiger charge is -2.32. The first-order chi connectivity index (χ1) is 17.3. The van der Waals surface area contributed by atoms with Gasteiger partial charge in [-0.1, -0.05) is 12.1 Å². The van der Waals surface area contributed by atoms with Crippen molar-refractivity contribution < 1.29 is 14.7 Å². The number of carboxylic acid groups (broad SMARTS) is 1. The van der Waals surface area contributed by atoms with Crippen LogP contribution in [0.25, 0.3) is 22.3 Å². The highest BCUT2D eigenvalue weighted by Crippen LogP contribution is 2.25. The Morgan fingerprint density at radius 1 is 1.08 bits per heavy atom. The summed E-state index contributed by atoms with van der Waals surface area (Å²) in [6, 6.07) is 11.0. The minimum Gasteiger partial charge on any atom is -0.478 e. The van der Waals surface area contributed by atoms with Crippen LogP contribution in [0.3, 0.4) is 0 Å². The third kappa shape index (κ3) is 4.26. The number of benzene rings is 1. The number of fused-ring (bicyclic) bond motifs is 1. The third-order valence-electron chi connectivity index (χ3n) is 6.50. The minimum atomic E-state index is -1.02. The second-order valence-electron chi connectivity index (χ2n) is 8.76. The summed E-state index contributed by atoms with van der Waals surface area (Å²) in [5.41, 5.74) is 2.36. The zero-order chi connectivity index (χ0) is 25.4. The number of piperidine rings is 1. The smallest absolute Gasteiger partial charge is 0.335 e. The number of anilines is 1. The number of rotatable bonds is 4. The Morgan fingerprint density at radius 3 is 2.50 bits per heavy atom. The van der Waals surface area contributed by atoms with Crippen molar-refractivity contribution in [3.63, 3.8) is 0 Å². The molecule has 5 rings (SSSR count). The predicted molar refractivity (Wildman–Crippen MR) is 133 cm³/mol. The van der Waals surface area contributed by atoms with Crippen LogP contribution in [0.4, 0.5) is 10.5 Å². The highest BCUT2D eigenvalue weighted by atomic mass is 16.4. The van der Waals surface area contributed by atoms with Crippen LogP contribution in [0.5, 0.6) is 0 Å². The average Bonchev–Trinajstić information content (AvgIpc) is 3.22. The Labute approximate surface area is 204 Å². The van der Waals surface area contributed by atoms with E-state index in [0.717, 1.165) is 5.52 Å². The lowest BCUT2D eigenvalue weighted by Crippen LogP contribution is -2.43. The monoisotopic (exact) mass is 488 g/mol. The van der Waals surface area contributed by atoms with Gasteiger partial charge in [-0.15, -0.1) is 0 Å². The second kappa shape index (κ2) is 9.17. The van der Waals surface area contributed by atoms with Gasteiger partial charge >= 0.3 is 17.7 Å². The van der Waals surface area contributed by atoms with Crippen LogP contribution in [0, 0.1) is 0 Å². The number of aromatic nitrogens is 4. The maximum Gasteiger partial charge on any atom is 0.335 e. The van der Waals surface area contributed by atoms with Gasteiger partial charge in [0.15, 0.2) is 5.65 Å². The van der Waals surface area contributed by atoms with Crippen LogP contribution in [-0.4, -0.2) is 54.2 Å². The first kappa shape index (κ1) is 23.1. The number of hydrogen-bond acceptors (Lipinski definition) is 5. The summed E-state index contributed by atoms with van der Waals surface area (Å²) in [4.78, 5) is 57.9. The number of urea groups is 1. The van der Waals surface area contributed by atoms with Crippen LogP contribution in [0.1, 0.15) is 29.2 Å². The number of likely N-dealkylation sites (tertiary alicyclic amines) is 1. The molecule has 1 aliphatic heterocycles. The first-order valence-corrected chi connectivity index (χ1v) is 11.5.